The van der Waals surface area contributed by atoms with Crippen LogP contribution in [0.5, 0.6) is 0 Å². The van der Waals surface area contributed by atoms with Gasteiger partial charge in [-0.05, 0) is 31.2 Å². The molecule has 0 spiro atoms. The Morgan fingerprint density at radius 3 is 2.56 bits per heavy atom. The molecule has 0 saturated carbocycles. The fourth-order valence-corrected chi connectivity index (χ4v) is 3.27. The number of aryl methyl sites for hydroxylation is 1. The lowest BCUT2D eigenvalue weighted by molar-refractivity contribution is 0.581. The monoisotopic (exact) mass is 302 g/mol. The number of thiazole rings is 1. The third-order valence-electron chi connectivity index (χ3n) is 2.21. The average Bonchev–Trinajstić information content (AvgIpc) is 2.73. The van der Waals surface area contributed by atoms with Crippen molar-refractivity contribution < 1.29 is 8.42 Å². The van der Waals surface area contributed by atoms with Crippen molar-refractivity contribution in [2.24, 2.45) is 0 Å². The highest BCUT2D eigenvalue weighted by molar-refractivity contribution is 7.89. The fourth-order valence-electron chi connectivity index (χ4n) is 1.34. The maximum Gasteiger partial charge on any atom is 0.240 e. The van der Waals surface area contributed by atoms with Gasteiger partial charge in [-0.3, -0.25) is 0 Å². The minimum Gasteiger partial charge on any atom is -0.248 e. The summed E-state index contributed by atoms with van der Waals surface area (Å²) in [6.07, 6.45) is 1.72. The molecule has 0 aliphatic rings. The summed E-state index contributed by atoms with van der Waals surface area (Å²) in [6, 6.07) is 6.03. The molecule has 0 amide bonds. The van der Waals surface area contributed by atoms with Crippen molar-refractivity contribution in [1.29, 1.82) is 0 Å². The van der Waals surface area contributed by atoms with Crippen LogP contribution in [-0.4, -0.2) is 13.4 Å². The van der Waals surface area contributed by atoms with E-state index in [2.05, 4.69) is 9.71 Å². The summed E-state index contributed by atoms with van der Waals surface area (Å²) in [7, 11) is -3.51. The van der Waals surface area contributed by atoms with E-state index in [1.165, 1.54) is 23.5 Å². The van der Waals surface area contributed by atoms with Gasteiger partial charge in [0.05, 0.1) is 11.4 Å². The molecule has 0 aliphatic carbocycles. The molecule has 0 fully saturated rings. The Hall–Kier alpha value is -0.950. The lowest BCUT2D eigenvalue weighted by Crippen LogP contribution is -2.23. The fraction of sp³-hybridized carbons (Fsp3) is 0.182. The summed E-state index contributed by atoms with van der Waals surface area (Å²) in [5.74, 6) is 0. The van der Waals surface area contributed by atoms with E-state index in [1.54, 1.807) is 18.3 Å². The predicted molar refractivity (Wildman–Crippen MR) is 72.3 cm³/mol. The van der Waals surface area contributed by atoms with Gasteiger partial charge in [0.2, 0.25) is 10.0 Å². The number of benzene rings is 1. The average molecular weight is 303 g/mol. The van der Waals surface area contributed by atoms with E-state index in [1.807, 2.05) is 6.92 Å². The maximum atomic E-state index is 11.9. The molecule has 18 heavy (non-hydrogen) atoms. The van der Waals surface area contributed by atoms with E-state index >= 15 is 0 Å². The lowest BCUT2D eigenvalue weighted by atomic mass is 10.4. The van der Waals surface area contributed by atoms with Crippen molar-refractivity contribution in [3.8, 4) is 0 Å². The molecule has 0 saturated heterocycles. The molecule has 0 bridgehead atoms. The van der Waals surface area contributed by atoms with Crippen molar-refractivity contribution in [1.82, 2.24) is 9.71 Å². The van der Waals surface area contributed by atoms with Crippen LogP contribution in [0.15, 0.2) is 35.4 Å². The number of rotatable bonds is 4. The van der Waals surface area contributed by atoms with Crippen LogP contribution in [0.25, 0.3) is 0 Å². The number of hydrogen-bond donors (Lipinski definition) is 1. The summed E-state index contributed by atoms with van der Waals surface area (Å²) >= 11 is 7.18. The number of nitrogens with zero attached hydrogens (tertiary/aromatic N) is 1. The van der Waals surface area contributed by atoms with Crippen LogP contribution in [-0.2, 0) is 16.6 Å². The van der Waals surface area contributed by atoms with Gasteiger partial charge in [0.15, 0.2) is 0 Å². The van der Waals surface area contributed by atoms with Gasteiger partial charge in [0.25, 0.3) is 0 Å². The van der Waals surface area contributed by atoms with Crippen LogP contribution in [0.2, 0.25) is 5.02 Å². The first kappa shape index (κ1) is 13.5. The van der Waals surface area contributed by atoms with Gasteiger partial charge in [0.1, 0.15) is 5.01 Å². The summed E-state index contributed by atoms with van der Waals surface area (Å²) in [5.41, 5.74) is 0. The van der Waals surface area contributed by atoms with Crippen LogP contribution >= 0.6 is 22.9 Å². The molecule has 0 radical (unpaired) electrons. The molecular weight excluding hydrogens is 292 g/mol. The van der Waals surface area contributed by atoms with E-state index in [0.29, 0.717) is 5.02 Å². The van der Waals surface area contributed by atoms with Gasteiger partial charge in [-0.2, -0.15) is 0 Å². The number of halogens is 1. The molecule has 0 unspecified atom stereocenters. The third-order valence-corrected chi connectivity index (χ3v) is 4.79. The number of aromatic nitrogens is 1. The smallest absolute Gasteiger partial charge is 0.240 e. The van der Waals surface area contributed by atoms with Crippen molar-refractivity contribution >= 4 is 33.0 Å². The van der Waals surface area contributed by atoms with Crippen LogP contribution in [0.4, 0.5) is 0 Å². The molecule has 2 aromatic rings. The van der Waals surface area contributed by atoms with Gasteiger partial charge in [-0.1, -0.05) is 11.6 Å². The van der Waals surface area contributed by atoms with Gasteiger partial charge in [-0.25, -0.2) is 18.1 Å². The van der Waals surface area contributed by atoms with Crippen molar-refractivity contribution in [2.45, 2.75) is 18.4 Å². The minimum absolute atomic E-state index is 0.195. The first-order chi connectivity index (χ1) is 8.47. The lowest BCUT2D eigenvalue weighted by Gasteiger charge is -2.04. The van der Waals surface area contributed by atoms with Crippen LogP contribution in [0.3, 0.4) is 0 Å². The molecule has 0 aliphatic heterocycles. The Morgan fingerprint density at radius 2 is 2.00 bits per heavy atom. The molecular formula is C11H11ClN2O2S2. The van der Waals surface area contributed by atoms with Crippen molar-refractivity contribution in [2.75, 3.05) is 0 Å². The Kier molecular flexibility index (Phi) is 4.01. The molecule has 1 N–H and O–H groups in total. The van der Waals surface area contributed by atoms with Crippen LogP contribution in [0, 0.1) is 6.92 Å². The molecule has 4 nitrogen and oxygen atoms in total. The summed E-state index contributed by atoms with van der Waals surface area (Å²) in [6.45, 7) is 2.12. The van der Waals surface area contributed by atoms with Gasteiger partial charge in [0, 0.05) is 16.1 Å². The Labute approximate surface area is 115 Å². The van der Waals surface area contributed by atoms with Gasteiger partial charge >= 0.3 is 0 Å². The normalized spacial score (nSPS) is 11.7. The summed E-state index contributed by atoms with van der Waals surface area (Å²) < 4.78 is 26.4. The molecule has 1 aromatic heterocycles. The highest BCUT2D eigenvalue weighted by atomic mass is 35.5. The SMILES string of the molecule is Cc1cnc(CNS(=O)(=O)c2ccc(Cl)cc2)s1. The largest absolute Gasteiger partial charge is 0.248 e. The topological polar surface area (TPSA) is 59.1 Å². The molecule has 7 heteroatoms. The first-order valence-corrected chi connectivity index (χ1v) is 7.82. The molecule has 1 aromatic carbocycles. The highest BCUT2D eigenvalue weighted by Gasteiger charge is 2.14. The Morgan fingerprint density at radius 1 is 1.33 bits per heavy atom. The number of nitrogens with one attached hydrogen (secondary N) is 1. The highest BCUT2D eigenvalue weighted by Crippen LogP contribution is 2.15. The summed E-state index contributed by atoms with van der Waals surface area (Å²) in [4.78, 5) is 5.34. The van der Waals surface area contributed by atoms with E-state index in [-0.39, 0.29) is 11.4 Å². The second-order valence-electron chi connectivity index (χ2n) is 3.64. The second kappa shape index (κ2) is 5.36. The quantitative estimate of drug-likeness (QED) is 0.944. The van der Waals surface area contributed by atoms with Crippen LogP contribution in [0.1, 0.15) is 9.88 Å². The molecule has 2 rings (SSSR count). The minimum atomic E-state index is -3.51. The Bertz CT molecular complexity index is 635. The zero-order chi connectivity index (χ0) is 13.2. The number of sulfonamides is 1. The third kappa shape index (κ3) is 3.29. The van der Waals surface area contributed by atoms with Gasteiger partial charge in [-0.15, -0.1) is 11.3 Å². The number of hydrogen-bond acceptors (Lipinski definition) is 4. The van der Waals surface area contributed by atoms with Crippen molar-refractivity contribution in [3.05, 3.63) is 45.4 Å². The Balaban J connectivity index is 2.10. The molecule has 96 valence electrons. The zero-order valence-corrected chi connectivity index (χ0v) is 11.9. The standard InChI is InChI=1S/C11H11ClN2O2S2/c1-8-6-13-11(17-8)7-14-18(15,16)10-4-2-9(12)3-5-10/h2-6,14H,7H2,1H3. The van der Waals surface area contributed by atoms with Gasteiger partial charge < -0.3 is 0 Å². The summed E-state index contributed by atoms with van der Waals surface area (Å²) in [5, 5.41) is 1.24. The first-order valence-electron chi connectivity index (χ1n) is 5.14. The van der Waals surface area contributed by atoms with E-state index in [0.717, 1.165) is 9.88 Å². The van der Waals surface area contributed by atoms with E-state index < -0.39 is 10.0 Å². The van der Waals surface area contributed by atoms with E-state index in [4.69, 9.17) is 11.6 Å². The van der Waals surface area contributed by atoms with Crippen molar-refractivity contribution in [3.63, 3.8) is 0 Å². The second-order valence-corrected chi connectivity index (χ2v) is 7.17. The molecule has 1 heterocycles. The van der Waals surface area contributed by atoms with E-state index in [9.17, 15) is 8.42 Å². The van der Waals surface area contributed by atoms with Crippen LogP contribution < -0.4 is 4.72 Å². The zero-order valence-electron chi connectivity index (χ0n) is 9.55. The maximum absolute atomic E-state index is 11.9. The molecule has 0 atom stereocenters. The predicted octanol–water partition coefficient (Wildman–Crippen LogP) is 2.58.